The predicted octanol–water partition coefficient (Wildman–Crippen LogP) is 2.56. The number of amides is 1. The molecule has 3 unspecified atom stereocenters. The molecule has 3 rings (SSSR count). The smallest absolute Gasteiger partial charge is 0.238 e. The average Bonchev–Trinajstić information content (AvgIpc) is 3.07. The van der Waals surface area contributed by atoms with Gasteiger partial charge in [0.2, 0.25) is 5.91 Å². The zero-order valence-corrected chi connectivity index (χ0v) is 12.8. The minimum Gasteiger partial charge on any atom is -0.494 e. The van der Waals surface area contributed by atoms with Gasteiger partial charge in [0.15, 0.2) is 0 Å². The van der Waals surface area contributed by atoms with E-state index < -0.39 is 0 Å². The van der Waals surface area contributed by atoms with Crippen molar-refractivity contribution >= 4 is 5.91 Å². The average molecular weight is 288 g/mol. The van der Waals surface area contributed by atoms with Crippen LogP contribution in [-0.2, 0) is 4.79 Å². The lowest BCUT2D eigenvalue weighted by molar-refractivity contribution is -0.128. The lowest BCUT2D eigenvalue weighted by Crippen LogP contribution is -2.32. The molecule has 0 bridgehead atoms. The van der Waals surface area contributed by atoms with Gasteiger partial charge in [0.1, 0.15) is 11.9 Å². The lowest BCUT2D eigenvalue weighted by atomic mass is 10.1. The maximum absolute atomic E-state index is 12.1. The van der Waals surface area contributed by atoms with Gasteiger partial charge in [0.25, 0.3) is 0 Å². The summed E-state index contributed by atoms with van der Waals surface area (Å²) in [4.78, 5) is 14.1. The third-order valence-electron chi connectivity index (χ3n) is 4.45. The molecule has 1 aromatic rings. The van der Waals surface area contributed by atoms with Crippen LogP contribution in [0.4, 0.5) is 0 Å². The molecule has 1 aliphatic carbocycles. The third-order valence-corrected chi connectivity index (χ3v) is 4.45. The van der Waals surface area contributed by atoms with Gasteiger partial charge in [-0.3, -0.25) is 10.1 Å². The van der Waals surface area contributed by atoms with E-state index in [4.69, 9.17) is 4.74 Å². The molecular weight excluding hydrogens is 264 g/mol. The zero-order chi connectivity index (χ0) is 14.8. The number of ether oxygens (including phenoxy) is 1. The van der Waals surface area contributed by atoms with Crippen LogP contribution in [0.3, 0.4) is 0 Å². The van der Waals surface area contributed by atoms with Crippen molar-refractivity contribution in [3.63, 3.8) is 0 Å². The highest BCUT2D eigenvalue weighted by Gasteiger charge is 2.39. The normalized spacial score (nSPS) is 28.0. The molecule has 2 aliphatic rings. The van der Waals surface area contributed by atoms with Crippen LogP contribution in [0.2, 0.25) is 0 Å². The highest BCUT2D eigenvalue weighted by atomic mass is 16.5. The van der Waals surface area contributed by atoms with Crippen molar-refractivity contribution in [2.75, 3.05) is 19.7 Å². The third kappa shape index (κ3) is 3.21. The molecule has 1 aliphatic heterocycles. The summed E-state index contributed by atoms with van der Waals surface area (Å²) in [7, 11) is 0. The minimum atomic E-state index is 0.0190. The molecule has 21 heavy (non-hydrogen) atoms. The number of nitrogens with zero attached hydrogens (tertiary/aromatic N) is 1. The van der Waals surface area contributed by atoms with Gasteiger partial charge in [-0.05, 0) is 42.4 Å². The van der Waals surface area contributed by atoms with E-state index >= 15 is 0 Å². The van der Waals surface area contributed by atoms with Crippen LogP contribution in [-0.4, -0.2) is 30.5 Å². The Kier molecular flexibility index (Phi) is 4.15. The molecule has 1 saturated heterocycles. The van der Waals surface area contributed by atoms with Crippen LogP contribution in [0.15, 0.2) is 24.3 Å². The van der Waals surface area contributed by atoms with Crippen LogP contribution >= 0.6 is 0 Å². The standard InChI is InChI=1S/C17H24N2O2/c1-3-8-21-15-6-4-13(5-7-15)17-18-10-16(20)19(17)11-14-9-12(14)2/h4-7,12,14,17-18H,3,8-11H2,1-2H3. The Morgan fingerprint density at radius 2 is 2.05 bits per heavy atom. The van der Waals surface area contributed by atoms with Gasteiger partial charge in [-0.15, -0.1) is 0 Å². The molecule has 4 heteroatoms. The summed E-state index contributed by atoms with van der Waals surface area (Å²) in [6, 6.07) is 8.11. The van der Waals surface area contributed by atoms with E-state index in [0.717, 1.165) is 36.8 Å². The van der Waals surface area contributed by atoms with Gasteiger partial charge in [-0.1, -0.05) is 26.0 Å². The fraction of sp³-hybridized carbons (Fsp3) is 0.588. The summed E-state index contributed by atoms with van der Waals surface area (Å²) < 4.78 is 5.61. The molecule has 114 valence electrons. The monoisotopic (exact) mass is 288 g/mol. The van der Waals surface area contributed by atoms with Crippen molar-refractivity contribution in [1.82, 2.24) is 10.2 Å². The first kappa shape index (κ1) is 14.4. The number of carbonyl (C=O) groups excluding carboxylic acids is 1. The lowest BCUT2D eigenvalue weighted by Gasteiger charge is -2.25. The number of nitrogens with one attached hydrogen (secondary N) is 1. The SMILES string of the molecule is CCCOc1ccc(C2NCC(=O)N2CC2CC2C)cc1. The van der Waals surface area contributed by atoms with Crippen LogP contribution in [0, 0.1) is 11.8 Å². The Morgan fingerprint density at radius 3 is 2.67 bits per heavy atom. The second-order valence-corrected chi connectivity index (χ2v) is 6.22. The van der Waals surface area contributed by atoms with E-state index in [2.05, 4.69) is 31.3 Å². The fourth-order valence-corrected chi connectivity index (χ4v) is 2.92. The van der Waals surface area contributed by atoms with Gasteiger partial charge in [-0.25, -0.2) is 0 Å². The van der Waals surface area contributed by atoms with Crippen molar-refractivity contribution in [1.29, 1.82) is 0 Å². The molecule has 4 nitrogen and oxygen atoms in total. The van der Waals surface area contributed by atoms with Crippen LogP contribution in [0.1, 0.15) is 38.4 Å². The molecule has 1 N–H and O–H groups in total. The zero-order valence-electron chi connectivity index (χ0n) is 12.8. The largest absolute Gasteiger partial charge is 0.494 e. The van der Waals surface area contributed by atoms with Crippen molar-refractivity contribution in [3.05, 3.63) is 29.8 Å². The van der Waals surface area contributed by atoms with Crippen LogP contribution < -0.4 is 10.1 Å². The quantitative estimate of drug-likeness (QED) is 0.874. The van der Waals surface area contributed by atoms with E-state index in [1.54, 1.807) is 0 Å². The number of hydrogen-bond acceptors (Lipinski definition) is 3. The number of benzene rings is 1. The summed E-state index contributed by atoms with van der Waals surface area (Å²) in [6.45, 7) is 6.42. The molecule has 2 fully saturated rings. The van der Waals surface area contributed by atoms with E-state index in [-0.39, 0.29) is 12.1 Å². The Bertz CT molecular complexity index is 500. The maximum atomic E-state index is 12.1. The first-order chi connectivity index (χ1) is 10.2. The highest BCUT2D eigenvalue weighted by molar-refractivity contribution is 5.81. The van der Waals surface area contributed by atoms with Crippen molar-refractivity contribution in [2.24, 2.45) is 11.8 Å². The topological polar surface area (TPSA) is 41.6 Å². The highest BCUT2D eigenvalue weighted by Crippen LogP contribution is 2.40. The molecule has 0 radical (unpaired) electrons. The Balaban J connectivity index is 1.67. The molecule has 0 spiro atoms. The van der Waals surface area contributed by atoms with Crippen molar-refractivity contribution in [2.45, 2.75) is 32.9 Å². The fourth-order valence-electron chi connectivity index (χ4n) is 2.92. The van der Waals surface area contributed by atoms with Gasteiger partial charge < -0.3 is 9.64 Å². The van der Waals surface area contributed by atoms with E-state index in [9.17, 15) is 4.79 Å². The summed E-state index contributed by atoms with van der Waals surface area (Å²) in [5, 5.41) is 3.32. The number of rotatable bonds is 6. The summed E-state index contributed by atoms with van der Waals surface area (Å²) in [5.74, 6) is 2.56. The molecule has 0 aromatic heterocycles. The second kappa shape index (κ2) is 6.06. The molecule has 1 heterocycles. The summed E-state index contributed by atoms with van der Waals surface area (Å²) in [6.07, 6.45) is 2.28. The van der Waals surface area contributed by atoms with E-state index in [1.807, 2.05) is 17.0 Å². The summed E-state index contributed by atoms with van der Waals surface area (Å²) in [5.41, 5.74) is 1.14. The second-order valence-electron chi connectivity index (χ2n) is 6.22. The minimum absolute atomic E-state index is 0.0190. The van der Waals surface area contributed by atoms with Gasteiger partial charge in [-0.2, -0.15) is 0 Å². The molecule has 1 amide bonds. The Labute approximate surface area is 126 Å². The van der Waals surface area contributed by atoms with Crippen molar-refractivity contribution in [3.8, 4) is 5.75 Å². The first-order valence-corrected chi connectivity index (χ1v) is 7.94. The maximum Gasteiger partial charge on any atom is 0.238 e. The van der Waals surface area contributed by atoms with E-state index in [1.165, 1.54) is 6.42 Å². The predicted molar refractivity (Wildman–Crippen MR) is 82.0 cm³/mol. The Morgan fingerprint density at radius 1 is 1.33 bits per heavy atom. The van der Waals surface area contributed by atoms with Gasteiger partial charge in [0.05, 0.1) is 13.2 Å². The first-order valence-electron chi connectivity index (χ1n) is 7.94. The molecule has 1 saturated carbocycles. The van der Waals surface area contributed by atoms with Gasteiger partial charge in [0, 0.05) is 6.54 Å². The van der Waals surface area contributed by atoms with Crippen LogP contribution in [0.25, 0.3) is 0 Å². The van der Waals surface area contributed by atoms with E-state index in [0.29, 0.717) is 12.5 Å². The Hall–Kier alpha value is -1.55. The molecular formula is C17H24N2O2. The number of carbonyl (C=O) groups is 1. The number of hydrogen-bond donors (Lipinski definition) is 1. The van der Waals surface area contributed by atoms with Crippen molar-refractivity contribution < 1.29 is 9.53 Å². The van der Waals surface area contributed by atoms with Crippen LogP contribution in [0.5, 0.6) is 5.75 Å². The van der Waals surface area contributed by atoms with Gasteiger partial charge >= 0.3 is 0 Å². The molecule has 1 aromatic carbocycles. The summed E-state index contributed by atoms with van der Waals surface area (Å²) >= 11 is 0. The molecule has 3 atom stereocenters.